The molecule has 186 valence electrons. The van der Waals surface area contributed by atoms with Gasteiger partial charge in [0.15, 0.2) is 0 Å². The van der Waals surface area contributed by atoms with Gasteiger partial charge < -0.3 is 20.5 Å². The molecule has 7 nitrogen and oxygen atoms in total. The number of allylic oxidation sites excluding steroid dienone is 2. The molecule has 0 aromatic heterocycles. The number of esters is 1. The van der Waals surface area contributed by atoms with Crippen LogP contribution in [0.1, 0.15) is 30.4 Å². The van der Waals surface area contributed by atoms with Crippen LogP contribution in [-0.2, 0) is 32.0 Å². The minimum Gasteiger partial charge on any atom is -0.464 e. The molecule has 3 N–H and O–H groups in total. The lowest BCUT2D eigenvalue weighted by Gasteiger charge is -2.20. The summed E-state index contributed by atoms with van der Waals surface area (Å²) in [4.78, 5) is 37.9. The third-order valence-corrected chi connectivity index (χ3v) is 6.02. The third-order valence-electron chi connectivity index (χ3n) is 6.02. The number of benzene rings is 2. The Bertz CT molecular complexity index is 977. The van der Waals surface area contributed by atoms with Crippen molar-refractivity contribution < 1.29 is 24.2 Å². The van der Waals surface area contributed by atoms with Crippen LogP contribution in [-0.4, -0.2) is 48.7 Å². The van der Waals surface area contributed by atoms with Gasteiger partial charge in [-0.1, -0.05) is 72.8 Å². The van der Waals surface area contributed by atoms with E-state index in [4.69, 9.17) is 4.74 Å². The SMILES string of the molecule is O=C(C[C@H]1CC=CC[C@@H](Cc2ccccc2)C(=O)OCCNC1=O)N[C@H](CO)Cc1ccccc1. The Morgan fingerprint density at radius 3 is 2.26 bits per heavy atom. The fourth-order valence-electron chi connectivity index (χ4n) is 4.12. The summed E-state index contributed by atoms with van der Waals surface area (Å²) in [5.74, 6) is -1.68. The molecular formula is C28H34N2O5. The van der Waals surface area contributed by atoms with Crippen LogP contribution in [0.2, 0.25) is 0 Å². The number of amides is 2. The minimum absolute atomic E-state index is 0.00863. The Balaban J connectivity index is 1.59. The van der Waals surface area contributed by atoms with Gasteiger partial charge in [0, 0.05) is 6.42 Å². The first-order valence-electron chi connectivity index (χ1n) is 12.1. The van der Waals surface area contributed by atoms with Gasteiger partial charge in [-0.25, -0.2) is 0 Å². The molecule has 0 radical (unpaired) electrons. The Kier molecular flexibility index (Phi) is 10.5. The van der Waals surface area contributed by atoms with Crippen molar-refractivity contribution in [3.8, 4) is 0 Å². The van der Waals surface area contributed by atoms with E-state index in [1.54, 1.807) is 0 Å². The zero-order chi connectivity index (χ0) is 24.9. The zero-order valence-corrected chi connectivity index (χ0v) is 19.9. The number of aliphatic hydroxyl groups excluding tert-OH is 1. The average Bonchev–Trinajstić information content (AvgIpc) is 2.87. The maximum absolute atomic E-state index is 12.7. The monoisotopic (exact) mass is 478 g/mol. The van der Waals surface area contributed by atoms with Gasteiger partial charge >= 0.3 is 5.97 Å². The number of aliphatic hydroxyl groups is 1. The average molecular weight is 479 g/mol. The zero-order valence-electron chi connectivity index (χ0n) is 19.9. The number of ether oxygens (including phenoxy) is 1. The lowest BCUT2D eigenvalue weighted by Crippen LogP contribution is -2.42. The van der Waals surface area contributed by atoms with Gasteiger partial charge in [0.2, 0.25) is 11.8 Å². The lowest BCUT2D eigenvalue weighted by atomic mass is 9.94. The first-order chi connectivity index (χ1) is 17.0. The lowest BCUT2D eigenvalue weighted by molar-refractivity contribution is -0.148. The molecule has 0 saturated carbocycles. The number of carbonyl (C=O) groups is 3. The van der Waals surface area contributed by atoms with E-state index in [9.17, 15) is 19.5 Å². The smallest absolute Gasteiger partial charge is 0.309 e. The van der Waals surface area contributed by atoms with Crippen LogP contribution in [0, 0.1) is 11.8 Å². The second kappa shape index (κ2) is 14.1. The van der Waals surface area contributed by atoms with Gasteiger partial charge in [-0.2, -0.15) is 0 Å². The highest BCUT2D eigenvalue weighted by molar-refractivity contribution is 5.86. The third kappa shape index (κ3) is 9.02. The highest BCUT2D eigenvalue weighted by Crippen LogP contribution is 2.17. The molecule has 0 fully saturated rings. The maximum atomic E-state index is 12.7. The normalized spacial score (nSPS) is 20.0. The van der Waals surface area contributed by atoms with E-state index in [0.29, 0.717) is 25.7 Å². The van der Waals surface area contributed by atoms with Crippen LogP contribution in [0.4, 0.5) is 0 Å². The summed E-state index contributed by atoms with van der Waals surface area (Å²) in [6.07, 6.45) is 5.72. The first-order valence-corrected chi connectivity index (χ1v) is 12.1. The molecule has 2 aromatic carbocycles. The minimum atomic E-state index is -0.551. The van der Waals surface area contributed by atoms with Gasteiger partial charge in [-0.15, -0.1) is 0 Å². The van der Waals surface area contributed by atoms with Crippen LogP contribution in [0.15, 0.2) is 72.8 Å². The molecule has 35 heavy (non-hydrogen) atoms. The summed E-state index contributed by atoms with van der Waals surface area (Å²) >= 11 is 0. The summed E-state index contributed by atoms with van der Waals surface area (Å²) in [7, 11) is 0. The van der Waals surface area contributed by atoms with Crippen molar-refractivity contribution >= 4 is 17.8 Å². The van der Waals surface area contributed by atoms with Gasteiger partial charge in [-0.3, -0.25) is 14.4 Å². The van der Waals surface area contributed by atoms with Gasteiger partial charge in [0.05, 0.1) is 31.0 Å². The number of rotatable bonds is 8. The number of cyclic esters (lactones) is 1. The molecule has 0 bridgehead atoms. The van der Waals surface area contributed by atoms with Crippen molar-refractivity contribution in [2.45, 2.75) is 38.1 Å². The summed E-state index contributed by atoms with van der Waals surface area (Å²) in [6.45, 7) is 0.0888. The standard InChI is InChI=1S/C28H34N2O5/c31-20-25(18-22-11-5-2-6-12-22)30-26(32)19-23-13-7-8-14-24(17-21-9-3-1-4-10-21)28(34)35-16-15-29-27(23)33/h1-12,23-25,31H,13-20H2,(H,29,33)(H,30,32)/t23-,24+,25+/m1/s1. The van der Waals surface area contributed by atoms with Crippen molar-refractivity contribution in [1.82, 2.24) is 10.6 Å². The maximum Gasteiger partial charge on any atom is 0.309 e. The van der Waals surface area contributed by atoms with Crippen molar-refractivity contribution in [2.24, 2.45) is 11.8 Å². The van der Waals surface area contributed by atoms with E-state index in [-0.39, 0.29) is 49.9 Å². The summed E-state index contributed by atoms with van der Waals surface area (Å²) in [6, 6.07) is 19.0. The van der Waals surface area contributed by atoms with E-state index in [1.165, 1.54) is 0 Å². The molecule has 2 amide bonds. The fraction of sp³-hybridized carbons (Fsp3) is 0.393. The Labute approximate surface area is 206 Å². The number of carbonyl (C=O) groups excluding carboxylic acids is 3. The molecule has 0 saturated heterocycles. The second-order valence-electron chi connectivity index (χ2n) is 8.83. The number of nitrogens with one attached hydrogen (secondary N) is 2. The van der Waals surface area contributed by atoms with E-state index in [0.717, 1.165) is 11.1 Å². The molecule has 2 aromatic rings. The summed E-state index contributed by atoms with van der Waals surface area (Å²) in [5.41, 5.74) is 2.07. The molecule has 1 heterocycles. The van der Waals surface area contributed by atoms with Gasteiger partial charge in [0.1, 0.15) is 6.61 Å². The molecule has 1 aliphatic heterocycles. The van der Waals surface area contributed by atoms with Crippen LogP contribution in [0.5, 0.6) is 0 Å². The molecule has 0 spiro atoms. The predicted molar refractivity (Wildman–Crippen MR) is 133 cm³/mol. The molecule has 1 aliphatic rings. The van der Waals surface area contributed by atoms with Crippen molar-refractivity contribution in [3.63, 3.8) is 0 Å². The Morgan fingerprint density at radius 1 is 0.971 bits per heavy atom. The largest absolute Gasteiger partial charge is 0.464 e. The van der Waals surface area contributed by atoms with E-state index in [1.807, 2.05) is 72.8 Å². The Hall–Kier alpha value is -3.45. The van der Waals surface area contributed by atoms with Crippen LogP contribution < -0.4 is 10.6 Å². The topological polar surface area (TPSA) is 105 Å². The molecule has 0 aliphatic carbocycles. The number of hydrogen-bond acceptors (Lipinski definition) is 5. The van der Waals surface area contributed by atoms with Crippen molar-refractivity contribution in [3.05, 3.63) is 83.9 Å². The van der Waals surface area contributed by atoms with Crippen LogP contribution in [0.25, 0.3) is 0 Å². The summed E-state index contributed by atoms with van der Waals surface area (Å²) in [5, 5.41) is 15.3. The van der Waals surface area contributed by atoms with Gasteiger partial charge in [0.25, 0.3) is 0 Å². The molecule has 3 rings (SSSR count). The first kappa shape index (κ1) is 26.2. The van der Waals surface area contributed by atoms with E-state index >= 15 is 0 Å². The fourth-order valence-corrected chi connectivity index (χ4v) is 4.12. The predicted octanol–water partition coefficient (Wildman–Crippen LogP) is 2.58. The van der Waals surface area contributed by atoms with Crippen LogP contribution in [0.3, 0.4) is 0 Å². The molecule has 3 atom stereocenters. The number of hydrogen-bond donors (Lipinski definition) is 3. The van der Waals surface area contributed by atoms with E-state index in [2.05, 4.69) is 10.6 Å². The molecule has 0 unspecified atom stereocenters. The second-order valence-corrected chi connectivity index (χ2v) is 8.83. The highest BCUT2D eigenvalue weighted by atomic mass is 16.5. The van der Waals surface area contributed by atoms with E-state index < -0.39 is 12.0 Å². The van der Waals surface area contributed by atoms with Crippen LogP contribution >= 0.6 is 0 Å². The van der Waals surface area contributed by atoms with Gasteiger partial charge in [-0.05, 0) is 36.8 Å². The van der Waals surface area contributed by atoms with Crippen molar-refractivity contribution in [2.75, 3.05) is 19.8 Å². The Morgan fingerprint density at radius 2 is 1.60 bits per heavy atom. The molecule has 7 heteroatoms. The quantitative estimate of drug-likeness (QED) is 0.400. The highest BCUT2D eigenvalue weighted by Gasteiger charge is 2.24. The molecular weight excluding hydrogens is 444 g/mol. The van der Waals surface area contributed by atoms with Crippen molar-refractivity contribution in [1.29, 1.82) is 0 Å². The summed E-state index contributed by atoms with van der Waals surface area (Å²) < 4.78 is 5.39.